The van der Waals surface area contributed by atoms with E-state index in [1.807, 2.05) is 4.90 Å². The molecule has 122 valence electrons. The van der Waals surface area contributed by atoms with E-state index in [9.17, 15) is 4.79 Å². The van der Waals surface area contributed by atoms with E-state index in [0.717, 1.165) is 45.2 Å². The monoisotopic (exact) mass is 322 g/mol. The smallest absolute Gasteiger partial charge is 0.242 e. The van der Waals surface area contributed by atoms with Crippen molar-refractivity contribution in [3.8, 4) is 0 Å². The number of carbonyl (C=O) groups excluding carboxylic acids is 1. The quantitative estimate of drug-likeness (QED) is 0.907. The van der Waals surface area contributed by atoms with Crippen molar-refractivity contribution in [2.45, 2.75) is 50.5 Å². The Hall–Kier alpha value is -1.06. The normalized spacial score (nSPS) is 27.3. The Morgan fingerprint density at radius 1 is 1.23 bits per heavy atom. The molecule has 1 amide bonds. The molecule has 2 N–H and O–H groups in total. The van der Waals surface area contributed by atoms with Gasteiger partial charge in [0.1, 0.15) is 0 Å². The summed E-state index contributed by atoms with van der Waals surface area (Å²) in [7, 11) is 0. The van der Waals surface area contributed by atoms with Gasteiger partial charge in [0.05, 0.1) is 5.54 Å². The van der Waals surface area contributed by atoms with Crippen molar-refractivity contribution in [2.75, 3.05) is 13.1 Å². The average molecular weight is 323 g/mol. The number of likely N-dealkylation sites (tertiary alicyclic amines) is 1. The van der Waals surface area contributed by atoms with Gasteiger partial charge >= 0.3 is 0 Å². The summed E-state index contributed by atoms with van der Waals surface area (Å²) in [6.07, 6.45) is 4.96. The second-order valence-corrected chi connectivity index (χ2v) is 6.90. The fourth-order valence-corrected chi connectivity index (χ4v) is 4.06. The molecule has 1 aliphatic carbocycles. The number of nitrogens with two attached hydrogens (primary N) is 1. The molecule has 1 aromatic carbocycles. The van der Waals surface area contributed by atoms with Crippen LogP contribution in [0.4, 0.5) is 0 Å². The van der Waals surface area contributed by atoms with Crippen LogP contribution in [-0.4, -0.2) is 29.4 Å². The first-order chi connectivity index (χ1) is 10.1. The lowest BCUT2D eigenvalue weighted by Crippen LogP contribution is -2.56. The number of amides is 1. The molecule has 1 heterocycles. The second-order valence-electron chi connectivity index (χ2n) is 6.90. The predicted octanol–water partition coefficient (Wildman–Crippen LogP) is 3.33. The zero-order chi connectivity index (χ0) is 14.9. The van der Waals surface area contributed by atoms with Crippen molar-refractivity contribution in [3.63, 3.8) is 0 Å². The Labute approximate surface area is 139 Å². The minimum absolute atomic E-state index is 0. The Bertz CT molecular complexity index is 499. The molecular formula is C18H27ClN2O. The lowest BCUT2D eigenvalue weighted by molar-refractivity contribution is -0.138. The maximum atomic E-state index is 12.7. The van der Waals surface area contributed by atoms with Crippen molar-refractivity contribution in [1.29, 1.82) is 0 Å². The highest BCUT2D eigenvalue weighted by Crippen LogP contribution is 2.35. The van der Waals surface area contributed by atoms with Gasteiger partial charge in [-0.3, -0.25) is 4.79 Å². The summed E-state index contributed by atoms with van der Waals surface area (Å²) in [5.41, 5.74) is 7.17. The molecule has 3 nitrogen and oxygen atoms in total. The minimum Gasteiger partial charge on any atom is -0.341 e. The Balaban J connectivity index is 0.00000176. The fourth-order valence-electron chi connectivity index (χ4n) is 4.06. The van der Waals surface area contributed by atoms with Gasteiger partial charge in [0.15, 0.2) is 0 Å². The lowest BCUT2D eigenvalue weighted by Gasteiger charge is -2.40. The Kier molecular flexibility index (Phi) is 5.51. The van der Waals surface area contributed by atoms with E-state index < -0.39 is 5.54 Å². The van der Waals surface area contributed by atoms with Crippen molar-refractivity contribution in [1.82, 2.24) is 4.90 Å². The van der Waals surface area contributed by atoms with Crippen LogP contribution in [0.3, 0.4) is 0 Å². The van der Waals surface area contributed by atoms with Crippen LogP contribution in [0.1, 0.15) is 50.5 Å². The average Bonchev–Trinajstić information content (AvgIpc) is 2.95. The van der Waals surface area contributed by atoms with E-state index in [2.05, 4.69) is 37.3 Å². The second kappa shape index (κ2) is 7.01. The summed E-state index contributed by atoms with van der Waals surface area (Å²) < 4.78 is 0. The van der Waals surface area contributed by atoms with Crippen LogP contribution in [0.25, 0.3) is 0 Å². The number of halogens is 1. The number of benzene rings is 1. The highest BCUT2D eigenvalue weighted by Gasteiger charge is 2.41. The van der Waals surface area contributed by atoms with E-state index in [1.54, 1.807) is 0 Å². The molecule has 22 heavy (non-hydrogen) atoms. The zero-order valence-corrected chi connectivity index (χ0v) is 14.1. The molecule has 1 saturated heterocycles. The summed E-state index contributed by atoms with van der Waals surface area (Å²) in [4.78, 5) is 14.7. The summed E-state index contributed by atoms with van der Waals surface area (Å²) in [5, 5.41) is 0. The van der Waals surface area contributed by atoms with E-state index in [1.165, 1.54) is 5.56 Å². The van der Waals surface area contributed by atoms with Gasteiger partial charge in [-0.1, -0.05) is 50.1 Å². The van der Waals surface area contributed by atoms with Crippen LogP contribution in [0.5, 0.6) is 0 Å². The van der Waals surface area contributed by atoms with Crippen LogP contribution >= 0.6 is 12.4 Å². The van der Waals surface area contributed by atoms with E-state index in [0.29, 0.717) is 11.8 Å². The highest BCUT2D eigenvalue weighted by molar-refractivity contribution is 5.86. The van der Waals surface area contributed by atoms with Crippen molar-refractivity contribution in [2.24, 2.45) is 11.7 Å². The van der Waals surface area contributed by atoms with Gasteiger partial charge in [-0.25, -0.2) is 0 Å². The minimum atomic E-state index is -0.570. The number of rotatable bonds is 2. The SMILES string of the molecule is CC1CN(C(=O)C2(N)CCCC2)CCC1c1ccccc1.Cl. The van der Waals surface area contributed by atoms with Gasteiger partial charge in [-0.2, -0.15) is 0 Å². The molecule has 0 spiro atoms. The van der Waals surface area contributed by atoms with Crippen LogP contribution in [0, 0.1) is 5.92 Å². The molecule has 1 aromatic rings. The number of piperidine rings is 1. The summed E-state index contributed by atoms with van der Waals surface area (Å²) in [6.45, 7) is 3.95. The van der Waals surface area contributed by atoms with Crippen LogP contribution in [-0.2, 0) is 4.79 Å². The summed E-state index contributed by atoms with van der Waals surface area (Å²) >= 11 is 0. The highest BCUT2D eigenvalue weighted by atomic mass is 35.5. The maximum absolute atomic E-state index is 12.7. The maximum Gasteiger partial charge on any atom is 0.242 e. The van der Waals surface area contributed by atoms with Crippen molar-refractivity contribution in [3.05, 3.63) is 35.9 Å². The van der Waals surface area contributed by atoms with Gasteiger partial charge in [0.25, 0.3) is 0 Å². The fraction of sp³-hybridized carbons (Fsp3) is 0.611. The molecule has 2 aliphatic rings. The first kappa shape index (κ1) is 17.3. The molecule has 1 saturated carbocycles. The van der Waals surface area contributed by atoms with Crippen LogP contribution < -0.4 is 5.73 Å². The molecule has 2 unspecified atom stereocenters. The number of hydrogen-bond acceptors (Lipinski definition) is 2. The molecule has 3 rings (SSSR count). The van der Waals surface area contributed by atoms with Gasteiger partial charge in [-0.15, -0.1) is 12.4 Å². The van der Waals surface area contributed by atoms with E-state index in [-0.39, 0.29) is 18.3 Å². The molecular weight excluding hydrogens is 296 g/mol. The largest absolute Gasteiger partial charge is 0.341 e. The third kappa shape index (κ3) is 3.31. The van der Waals surface area contributed by atoms with Crippen molar-refractivity contribution < 1.29 is 4.79 Å². The van der Waals surface area contributed by atoms with E-state index >= 15 is 0 Å². The van der Waals surface area contributed by atoms with Gasteiger partial charge in [0, 0.05) is 13.1 Å². The molecule has 0 bridgehead atoms. The van der Waals surface area contributed by atoms with Gasteiger partial charge < -0.3 is 10.6 Å². The number of nitrogens with zero attached hydrogens (tertiary/aromatic N) is 1. The molecule has 0 radical (unpaired) electrons. The lowest BCUT2D eigenvalue weighted by atomic mass is 9.81. The molecule has 2 atom stereocenters. The number of carbonyl (C=O) groups is 1. The predicted molar refractivity (Wildman–Crippen MR) is 92.2 cm³/mol. The summed E-state index contributed by atoms with van der Waals surface area (Å²) in [5.74, 6) is 1.25. The molecule has 0 aromatic heterocycles. The first-order valence-electron chi connectivity index (χ1n) is 8.23. The standard InChI is InChI=1S/C18H26N2O.ClH/c1-14-13-20(17(21)18(19)10-5-6-11-18)12-9-16(14)15-7-3-2-4-8-15;/h2-4,7-8,14,16H,5-6,9-13,19H2,1H3;1H. The van der Waals surface area contributed by atoms with Crippen LogP contribution in [0.15, 0.2) is 30.3 Å². The Morgan fingerprint density at radius 3 is 2.45 bits per heavy atom. The third-order valence-corrected chi connectivity index (χ3v) is 5.34. The van der Waals surface area contributed by atoms with Gasteiger partial charge in [-0.05, 0) is 36.7 Å². The van der Waals surface area contributed by atoms with Gasteiger partial charge in [0.2, 0.25) is 5.91 Å². The van der Waals surface area contributed by atoms with Crippen LogP contribution in [0.2, 0.25) is 0 Å². The molecule has 2 fully saturated rings. The summed E-state index contributed by atoms with van der Waals surface area (Å²) in [6, 6.07) is 10.7. The molecule has 4 heteroatoms. The topological polar surface area (TPSA) is 46.3 Å². The first-order valence-corrected chi connectivity index (χ1v) is 8.23. The Morgan fingerprint density at radius 2 is 1.86 bits per heavy atom. The zero-order valence-electron chi connectivity index (χ0n) is 13.3. The van der Waals surface area contributed by atoms with E-state index in [4.69, 9.17) is 5.73 Å². The molecule has 1 aliphatic heterocycles. The van der Waals surface area contributed by atoms with Crippen molar-refractivity contribution >= 4 is 18.3 Å². The number of hydrogen-bond donors (Lipinski definition) is 1. The third-order valence-electron chi connectivity index (χ3n) is 5.34.